The number of amides is 1. The number of aryl methyl sites for hydroxylation is 2. The van der Waals surface area contributed by atoms with Crippen LogP contribution in [0.1, 0.15) is 42.3 Å². The molecule has 9 heteroatoms. The molecule has 0 unspecified atom stereocenters. The molecule has 0 atom stereocenters. The number of benzene rings is 1. The SMILES string of the molecule is Cc1nc(C2CCN(C(=O)CCc3ccc(S(N)(=O)=O)cc3)CC2)c2cccnc2n1. The van der Waals surface area contributed by atoms with Gasteiger partial charge in [-0.25, -0.2) is 28.5 Å². The van der Waals surface area contributed by atoms with Gasteiger partial charge in [-0.15, -0.1) is 0 Å². The third-order valence-corrected chi connectivity index (χ3v) is 6.66. The third kappa shape index (κ3) is 4.88. The van der Waals surface area contributed by atoms with Gasteiger partial charge in [-0.3, -0.25) is 4.79 Å². The van der Waals surface area contributed by atoms with Gasteiger partial charge in [0.25, 0.3) is 0 Å². The number of carbonyl (C=O) groups is 1. The number of pyridine rings is 1. The molecule has 0 saturated carbocycles. The van der Waals surface area contributed by atoms with Crippen molar-refractivity contribution in [3.8, 4) is 0 Å². The van der Waals surface area contributed by atoms with E-state index < -0.39 is 10.0 Å². The fourth-order valence-corrected chi connectivity index (χ4v) is 4.58. The van der Waals surface area contributed by atoms with E-state index in [0.717, 1.165) is 35.1 Å². The highest BCUT2D eigenvalue weighted by atomic mass is 32.2. The minimum Gasteiger partial charge on any atom is -0.343 e. The summed E-state index contributed by atoms with van der Waals surface area (Å²) in [5.74, 6) is 1.11. The lowest BCUT2D eigenvalue weighted by Gasteiger charge is -2.32. The quantitative estimate of drug-likeness (QED) is 0.652. The highest BCUT2D eigenvalue weighted by Gasteiger charge is 2.26. The average molecular weight is 440 g/mol. The first-order chi connectivity index (χ1) is 14.8. The molecular weight excluding hydrogens is 414 g/mol. The van der Waals surface area contributed by atoms with Crippen molar-refractivity contribution >= 4 is 27.0 Å². The Kier molecular flexibility index (Phi) is 5.97. The topological polar surface area (TPSA) is 119 Å². The molecule has 1 aliphatic heterocycles. The van der Waals surface area contributed by atoms with Gasteiger partial charge < -0.3 is 4.90 Å². The lowest BCUT2D eigenvalue weighted by molar-refractivity contribution is -0.132. The molecule has 3 heterocycles. The van der Waals surface area contributed by atoms with E-state index in [1.807, 2.05) is 24.0 Å². The third-order valence-electron chi connectivity index (χ3n) is 5.73. The molecular formula is C22H25N5O3S. The van der Waals surface area contributed by atoms with E-state index in [9.17, 15) is 13.2 Å². The van der Waals surface area contributed by atoms with Crippen LogP contribution in [0.15, 0.2) is 47.5 Å². The van der Waals surface area contributed by atoms with Gasteiger partial charge >= 0.3 is 0 Å². The van der Waals surface area contributed by atoms with E-state index in [4.69, 9.17) is 5.14 Å². The maximum Gasteiger partial charge on any atom is 0.238 e. The van der Waals surface area contributed by atoms with Gasteiger partial charge in [0, 0.05) is 37.0 Å². The molecule has 4 rings (SSSR count). The molecule has 3 aromatic rings. The molecule has 0 bridgehead atoms. The summed E-state index contributed by atoms with van der Waals surface area (Å²) in [7, 11) is -3.70. The zero-order valence-corrected chi connectivity index (χ0v) is 18.2. The van der Waals surface area contributed by atoms with Crippen molar-refractivity contribution in [2.75, 3.05) is 13.1 Å². The molecule has 0 radical (unpaired) electrons. The van der Waals surface area contributed by atoms with E-state index >= 15 is 0 Å². The van der Waals surface area contributed by atoms with Crippen molar-refractivity contribution in [1.29, 1.82) is 0 Å². The van der Waals surface area contributed by atoms with Crippen molar-refractivity contribution in [2.45, 2.75) is 43.4 Å². The highest BCUT2D eigenvalue weighted by Crippen LogP contribution is 2.31. The summed E-state index contributed by atoms with van der Waals surface area (Å²) in [6.07, 6.45) is 4.40. The summed E-state index contributed by atoms with van der Waals surface area (Å²) in [6, 6.07) is 10.3. The second-order valence-electron chi connectivity index (χ2n) is 7.87. The number of piperidine rings is 1. The van der Waals surface area contributed by atoms with Crippen LogP contribution in [0.3, 0.4) is 0 Å². The fraction of sp³-hybridized carbons (Fsp3) is 0.364. The summed E-state index contributed by atoms with van der Waals surface area (Å²) in [5, 5.41) is 6.11. The van der Waals surface area contributed by atoms with Gasteiger partial charge in [0.05, 0.1) is 10.6 Å². The number of primary sulfonamides is 1. The van der Waals surface area contributed by atoms with E-state index in [-0.39, 0.29) is 16.7 Å². The summed E-state index contributed by atoms with van der Waals surface area (Å²) in [5.41, 5.74) is 2.65. The molecule has 1 aliphatic rings. The molecule has 2 N–H and O–H groups in total. The number of rotatable bonds is 5. The van der Waals surface area contributed by atoms with Gasteiger partial charge in [-0.2, -0.15) is 0 Å². The second kappa shape index (κ2) is 8.68. The normalized spacial score (nSPS) is 15.4. The van der Waals surface area contributed by atoms with Crippen LogP contribution in [0, 0.1) is 6.92 Å². The predicted octanol–water partition coefficient (Wildman–Crippen LogP) is 2.32. The molecule has 1 aromatic carbocycles. The molecule has 0 spiro atoms. The Labute approximate surface area is 181 Å². The Hall–Kier alpha value is -2.91. The van der Waals surface area contributed by atoms with Gasteiger partial charge in [-0.05, 0) is 56.0 Å². The number of likely N-dealkylation sites (tertiary alicyclic amines) is 1. The van der Waals surface area contributed by atoms with E-state index in [2.05, 4.69) is 15.0 Å². The number of hydrogen-bond donors (Lipinski definition) is 1. The molecule has 0 aliphatic carbocycles. The van der Waals surface area contributed by atoms with Crippen LogP contribution in [0.2, 0.25) is 0 Å². The second-order valence-corrected chi connectivity index (χ2v) is 9.44. The average Bonchev–Trinajstić information content (AvgIpc) is 2.76. The van der Waals surface area contributed by atoms with Crippen molar-refractivity contribution < 1.29 is 13.2 Å². The van der Waals surface area contributed by atoms with Crippen molar-refractivity contribution in [2.24, 2.45) is 5.14 Å². The van der Waals surface area contributed by atoms with E-state index in [1.54, 1.807) is 18.3 Å². The Balaban J connectivity index is 1.35. The Morgan fingerprint density at radius 2 is 1.84 bits per heavy atom. The van der Waals surface area contributed by atoms with Crippen LogP contribution < -0.4 is 5.14 Å². The van der Waals surface area contributed by atoms with Crippen LogP contribution in [-0.2, 0) is 21.2 Å². The minimum atomic E-state index is -3.70. The maximum atomic E-state index is 12.7. The van der Waals surface area contributed by atoms with Crippen LogP contribution in [0.25, 0.3) is 11.0 Å². The number of carbonyl (C=O) groups excluding carboxylic acids is 1. The molecule has 162 valence electrons. The number of nitrogens with two attached hydrogens (primary N) is 1. The summed E-state index contributed by atoms with van der Waals surface area (Å²) >= 11 is 0. The number of hydrogen-bond acceptors (Lipinski definition) is 6. The molecule has 1 amide bonds. The monoisotopic (exact) mass is 439 g/mol. The maximum absolute atomic E-state index is 12.7. The van der Waals surface area contributed by atoms with Gasteiger partial charge in [0.2, 0.25) is 15.9 Å². The number of aromatic nitrogens is 3. The summed E-state index contributed by atoms with van der Waals surface area (Å²) in [6.45, 7) is 3.27. The van der Waals surface area contributed by atoms with Crippen LogP contribution in [-0.4, -0.2) is 47.3 Å². The smallest absolute Gasteiger partial charge is 0.238 e. The Bertz CT molecular complexity index is 1200. The first kappa shape index (κ1) is 21.3. The first-order valence-corrected chi connectivity index (χ1v) is 11.8. The zero-order valence-electron chi connectivity index (χ0n) is 17.4. The highest BCUT2D eigenvalue weighted by molar-refractivity contribution is 7.89. The van der Waals surface area contributed by atoms with Gasteiger partial charge in [0.1, 0.15) is 5.82 Å². The lowest BCUT2D eigenvalue weighted by atomic mass is 9.91. The first-order valence-electron chi connectivity index (χ1n) is 10.3. The molecule has 1 fully saturated rings. The van der Waals surface area contributed by atoms with Crippen LogP contribution >= 0.6 is 0 Å². The summed E-state index contributed by atoms with van der Waals surface area (Å²) in [4.78, 5) is 28.1. The summed E-state index contributed by atoms with van der Waals surface area (Å²) < 4.78 is 22.7. The fourth-order valence-electron chi connectivity index (χ4n) is 4.07. The van der Waals surface area contributed by atoms with Gasteiger partial charge in [-0.1, -0.05) is 12.1 Å². The number of fused-ring (bicyclic) bond motifs is 1. The zero-order chi connectivity index (χ0) is 22.0. The molecule has 1 saturated heterocycles. The lowest BCUT2D eigenvalue weighted by Crippen LogP contribution is -2.38. The number of sulfonamides is 1. The van der Waals surface area contributed by atoms with Crippen LogP contribution in [0.4, 0.5) is 0 Å². The van der Waals surface area contributed by atoms with E-state index in [0.29, 0.717) is 31.8 Å². The van der Waals surface area contributed by atoms with Crippen molar-refractivity contribution in [1.82, 2.24) is 19.9 Å². The van der Waals surface area contributed by atoms with Crippen molar-refractivity contribution in [3.05, 3.63) is 59.7 Å². The Morgan fingerprint density at radius 3 is 2.52 bits per heavy atom. The van der Waals surface area contributed by atoms with Gasteiger partial charge in [0.15, 0.2) is 5.65 Å². The molecule has 8 nitrogen and oxygen atoms in total. The molecule has 2 aromatic heterocycles. The molecule has 31 heavy (non-hydrogen) atoms. The standard InChI is InChI=1S/C22H25N5O3S/c1-15-25-21(19-3-2-12-24-22(19)26-15)17-10-13-27(14-11-17)20(28)9-6-16-4-7-18(8-5-16)31(23,29)30/h2-5,7-8,12,17H,6,9-11,13-14H2,1H3,(H2,23,29,30). The van der Waals surface area contributed by atoms with Crippen LogP contribution in [0.5, 0.6) is 0 Å². The minimum absolute atomic E-state index is 0.0762. The van der Waals surface area contributed by atoms with Crippen molar-refractivity contribution in [3.63, 3.8) is 0 Å². The Morgan fingerprint density at radius 1 is 1.13 bits per heavy atom. The van der Waals surface area contributed by atoms with E-state index in [1.165, 1.54) is 12.1 Å². The number of nitrogens with zero attached hydrogens (tertiary/aromatic N) is 4. The largest absolute Gasteiger partial charge is 0.343 e. The predicted molar refractivity (Wildman–Crippen MR) is 117 cm³/mol.